The molecule has 2 heterocycles. The molecule has 7 heteroatoms. The molecule has 2 unspecified atom stereocenters. The number of nitrogens with two attached hydrogens (primary N) is 1. The number of hydrogen-bond acceptors (Lipinski definition) is 5. The number of carbonyl (C=O) groups is 1. The van der Waals surface area contributed by atoms with Gasteiger partial charge in [-0.05, 0) is 45.2 Å². The highest BCUT2D eigenvalue weighted by Crippen LogP contribution is 2.32. The van der Waals surface area contributed by atoms with E-state index < -0.39 is 0 Å². The van der Waals surface area contributed by atoms with Gasteiger partial charge < -0.3 is 11.1 Å². The van der Waals surface area contributed by atoms with Crippen LogP contribution in [-0.4, -0.2) is 23.0 Å². The Morgan fingerprint density at radius 2 is 2.24 bits per heavy atom. The first kappa shape index (κ1) is 20.4. The standard InChI is InChI=1S/C18H25N3OS2.ClH/c1-12-21-15(11-23-12)16-7-6-13(24-16)8-10-20-17(22)14-5-3-4-9-18(14,2)19;/h6-7,11,14H,3-5,8-10,19H2,1-2H3,(H,20,22);1H. The number of nitrogens with zero attached hydrogens (tertiary/aromatic N) is 1. The highest BCUT2D eigenvalue weighted by Gasteiger charge is 2.37. The van der Waals surface area contributed by atoms with Crippen LogP contribution in [0.1, 0.15) is 42.5 Å². The Kier molecular flexibility index (Phi) is 7.02. The van der Waals surface area contributed by atoms with Crippen LogP contribution in [0.15, 0.2) is 17.5 Å². The van der Waals surface area contributed by atoms with Crippen LogP contribution < -0.4 is 11.1 Å². The fraction of sp³-hybridized carbons (Fsp3) is 0.556. The number of carbonyl (C=O) groups excluding carboxylic acids is 1. The fourth-order valence-electron chi connectivity index (χ4n) is 3.35. The molecule has 25 heavy (non-hydrogen) atoms. The van der Waals surface area contributed by atoms with E-state index in [1.807, 2.05) is 13.8 Å². The average Bonchev–Trinajstić information content (AvgIpc) is 3.15. The monoisotopic (exact) mass is 399 g/mol. The third kappa shape index (κ3) is 5.03. The molecular formula is C18H26ClN3OS2. The molecule has 2 aromatic heterocycles. The molecule has 1 aliphatic rings. The van der Waals surface area contributed by atoms with Crippen molar-refractivity contribution in [2.24, 2.45) is 11.7 Å². The van der Waals surface area contributed by atoms with Gasteiger partial charge in [-0.1, -0.05) is 12.8 Å². The van der Waals surface area contributed by atoms with Crippen LogP contribution in [0.5, 0.6) is 0 Å². The summed E-state index contributed by atoms with van der Waals surface area (Å²) in [5, 5.41) is 6.27. The summed E-state index contributed by atoms with van der Waals surface area (Å²) in [4.78, 5) is 19.4. The van der Waals surface area contributed by atoms with Crippen molar-refractivity contribution in [1.82, 2.24) is 10.3 Å². The van der Waals surface area contributed by atoms with Gasteiger partial charge in [-0.25, -0.2) is 4.98 Å². The Morgan fingerprint density at radius 1 is 1.44 bits per heavy atom. The third-order valence-electron chi connectivity index (χ3n) is 4.77. The largest absolute Gasteiger partial charge is 0.355 e. The Morgan fingerprint density at radius 3 is 2.92 bits per heavy atom. The number of rotatable bonds is 5. The van der Waals surface area contributed by atoms with Crippen LogP contribution in [0.25, 0.3) is 10.6 Å². The molecule has 0 aromatic carbocycles. The average molecular weight is 400 g/mol. The second kappa shape index (κ2) is 8.62. The summed E-state index contributed by atoms with van der Waals surface area (Å²) in [5.41, 5.74) is 7.01. The quantitative estimate of drug-likeness (QED) is 0.792. The first-order valence-electron chi connectivity index (χ1n) is 8.53. The van der Waals surface area contributed by atoms with E-state index in [4.69, 9.17) is 5.73 Å². The van der Waals surface area contributed by atoms with E-state index in [-0.39, 0.29) is 29.8 Å². The smallest absolute Gasteiger partial charge is 0.224 e. The molecule has 0 bridgehead atoms. The first-order valence-corrected chi connectivity index (χ1v) is 10.2. The van der Waals surface area contributed by atoms with Crippen molar-refractivity contribution in [2.45, 2.75) is 51.5 Å². The molecule has 0 aliphatic heterocycles. The molecule has 2 atom stereocenters. The predicted octanol–water partition coefficient (Wildman–Crippen LogP) is 4.17. The lowest BCUT2D eigenvalue weighted by Gasteiger charge is -2.37. The van der Waals surface area contributed by atoms with Crippen LogP contribution in [0.3, 0.4) is 0 Å². The van der Waals surface area contributed by atoms with Crippen molar-refractivity contribution in [3.8, 4) is 10.6 Å². The van der Waals surface area contributed by atoms with Gasteiger partial charge in [-0.3, -0.25) is 4.79 Å². The molecule has 3 N–H and O–H groups in total. The minimum atomic E-state index is -0.360. The highest BCUT2D eigenvalue weighted by molar-refractivity contribution is 7.16. The van der Waals surface area contributed by atoms with Crippen molar-refractivity contribution in [1.29, 1.82) is 0 Å². The first-order chi connectivity index (χ1) is 11.5. The highest BCUT2D eigenvalue weighted by atomic mass is 35.5. The minimum Gasteiger partial charge on any atom is -0.355 e. The lowest BCUT2D eigenvalue weighted by Crippen LogP contribution is -2.53. The fourth-order valence-corrected chi connectivity index (χ4v) is 5.00. The molecule has 0 saturated heterocycles. The van der Waals surface area contributed by atoms with Gasteiger partial charge in [0.25, 0.3) is 0 Å². The number of thiazole rings is 1. The Labute approximate surface area is 163 Å². The van der Waals surface area contributed by atoms with E-state index in [1.165, 1.54) is 9.75 Å². The molecular weight excluding hydrogens is 374 g/mol. The number of aryl methyl sites for hydroxylation is 1. The van der Waals surface area contributed by atoms with Crippen LogP contribution in [0, 0.1) is 12.8 Å². The second-order valence-corrected chi connectivity index (χ2v) is 9.09. The second-order valence-electron chi connectivity index (χ2n) is 6.86. The lowest BCUT2D eigenvalue weighted by atomic mass is 9.74. The van der Waals surface area contributed by atoms with Crippen molar-refractivity contribution >= 4 is 41.0 Å². The molecule has 1 saturated carbocycles. The SMILES string of the molecule is Cc1nc(-c2ccc(CCNC(=O)C3CCCCC3(C)N)s2)cs1.Cl. The summed E-state index contributed by atoms with van der Waals surface area (Å²) in [6, 6.07) is 4.25. The van der Waals surface area contributed by atoms with Gasteiger partial charge in [0.05, 0.1) is 21.5 Å². The van der Waals surface area contributed by atoms with Crippen LogP contribution in [0.4, 0.5) is 0 Å². The number of aromatic nitrogens is 1. The number of halogens is 1. The predicted molar refractivity (Wildman–Crippen MR) is 109 cm³/mol. The topological polar surface area (TPSA) is 68.0 Å². The van der Waals surface area contributed by atoms with Gasteiger partial charge in [0.1, 0.15) is 0 Å². The van der Waals surface area contributed by atoms with Crippen molar-refractivity contribution in [3.05, 3.63) is 27.4 Å². The number of thiophene rings is 1. The lowest BCUT2D eigenvalue weighted by molar-refractivity contribution is -0.128. The van der Waals surface area contributed by atoms with Crippen LogP contribution >= 0.6 is 35.1 Å². The summed E-state index contributed by atoms with van der Waals surface area (Å²) < 4.78 is 0. The zero-order valence-electron chi connectivity index (χ0n) is 14.7. The summed E-state index contributed by atoms with van der Waals surface area (Å²) in [5.74, 6) is 0.0646. The van der Waals surface area contributed by atoms with Crippen LogP contribution in [0.2, 0.25) is 0 Å². The molecule has 4 nitrogen and oxygen atoms in total. The Bertz CT molecular complexity index is 711. The van der Waals surface area contributed by atoms with Gasteiger partial charge in [0, 0.05) is 22.3 Å². The number of hydrogen-bond donors (Lipinski definition) is 2. The van der Waals surface area contributed by atoms with Gasteiger partial charge in [0.2, 0.25) is 5.91 Å². The Hall–Kier alpha value is -0.950. The van der Waals surface area contributed by atoms with E-state index in [2.05, 4.69) is 27.8 Å². The normalized spacial score (nSPS) is 23.1. The van der Waals surface area contributed by atoms with Crippen molar-refractivity contribution < 1.29 is 4.79 Å². The molecule has 138 valence electrons. The molecule has 2 aromatic rings. The van der Waals surface area contributed by atoms with Gasteiger partial charge >= 0.3 is 0 Å². The van der Waals surface area contributed by atoms with Crippen molar-refractivity contribution in [2.75, 3.05) is 6.54 Å². The summed E-state index contributed by atoms with van der Waals surface area (Å²) in [7, 11) is 0. The summed E-state index contributed by atoms with van der Waals surface area (Å²) in [6.45, 7) is 4.70. The molecule has 3 rings (SSSR count). The zero-order valence-corrected chi connectivity index (χ0v) is 17.2. The maximum Gasteiger partial charge on any atom is 0.224 e. The number of nitrogens with one attached hydrogen (secondary N) is 1. The van der Waals surface area contributed by atoms with Gasteiger partial charge in [-0.15, -0.1) is 35.1 Å². The zero-order chi connectivity index (χ0) is 17.2. The van der Waals surface area contributed by atoms with E-state index in [9.17, 15) is 4.79 Å². The molecule has 1 fully saturated rings. The van der Waals surface area contributed by atoms with E-state index in [1.54, 1.807) is 22.7 Å². The molecule has 1 aliphatic carbocycles. The third-order valence-corrected chi connectivity index (χ3v) is 6.72. The molecule has 0 spiro atoms. The van der Waals surface area contributed by atoms with E-state index in [0.717, 1.165) is 42.8 Å². The van der Waals surface area contributed by atoms with Crippen LogP contribution in [-0.2, 0) is 11.2 Å². The number of amides is 1. The minimum absolute atomic E-state index is 0. The van der Waals surface area contributed by atoms with E-state index >= 15 is 0 Å². The van der Waals surface area contributed by atoms with Gasteiger partial charge in [-0.2, -0.15) is 0 Å². The summed E-state index contributed by atoms with van der Waals surface area (Å²) >= 11 is 3.43. The summed E-state index contributed by atoms with van der Waals surface area (Å²) in [6.07, 6.45) is 4.93. The van der Waals surface area contributed by atoms with Gasteiger partial charge in [0.15, 0.2) is 0 Å². The van der Waals surface area contributed by atoms with E-state index in [0.29, 0.717) is 6.54 Å². The Balaban J connectivity index is 0.00000225. The molecule has 0 radical (unpaired) electrons. The van der Waals surface area contributed by atoms with Crippen molar-refractivity contribution in [3.63, 3.8) is 0 Å². The maximum atomic E-state index is 12.4. The maximum absolute atomic E-state index is 12.4. The molecule has 1 amide bonds.